The van der Waals surface area contributed by atoms with Gasteiger partial charge in [-0.1, -0.05) is 12.1 Å². The number of hydrogen-bond acceptors (Lipinski definition) is 6. The second-order valence-corrected chi connectivity index (χ2v) is 5.78. The lowest BCUT2D eigenvalue weighted by Gasteiger charge is -2.10. The van der Waals surface area contributed by atoms with Crippen LogP contribution in [0, 0.1) is 0 Å². The first-order valence-electron chi connectivity index (χ1n) is 8.46. The van der Waals surface area contributed by atoms with Crippen molar-refractivity contribution in [3.8, 4) is 5.75 Å². The van der Waals surface area contributed by atoms with E-state index in [1.165, 1.54) is 13.3 Å². The van der Waals surface area contributed by atoms with Gasteiger partial charge in [0, 0.05) is 11.9 Å². The molecule has 0 unspecified atom stereocenters. The molecular weight excluding hydrogens is 358 g/mol. The third kappa shape index (κ3) is 4.45. The molecule has 3 rings (SSSR count). The summed E-state index contributed by atoms with van der Waals surface area (Å²) in [4.78, 5) is 28.1. The molecule has 0 fully saturated rings. The van der Waals surface area contributed by atoms with Crippen LogP contribution in [0.15, 0.2) is 66.9 Å². The van der Waals surface area contributed by atoms with E-state index in [1.807, 2.05) is 24.3 Å². The molecule has 2 N–H and O–H groups in total. The highest BCUT2D eigenvalue weighted by Gasteiger charge is 2.09. The van der Waals surface area contributed by atoms with Crippen molar-refractivity contribution in [3.05, 3.63) is 78.0 Å². The zero-order valence-electron chi connectivity index (χ0n) is 15.4. The van der Waals surface area contributed by atoms with Crippen molar-refractivity contribution in [2.24, 2.45) is 0 Å². The molecule has 0 aliphatic rings. The fourth-order valence-corrected chi connectivity index (χ4v) is 2.50. The first-order chi connectivity index (χ1) is 13.6. The van der Waals surface area contributed by atoms with Gasteiger partial charge in [0.15, 0.2) is 0 Å². The van der Waals surface area contributed by atoms with Crippen molar-refractivity contribution in [3.63, 3.8) is 0 Å². The number of amides is 1. The Bertz CT molecular complexity index is 970. The molecule has 0 saturated heterocycles. The summed E-state index contributed by atoms with van der Waals surface area (Å²) >= 11 is 0. The van der Waals surface area contributed by atoms with E-state index in [-0.39, 0.29) is 5.91 Å². The number of carbonyl (C=O) groups excluding carboxylic acids is 2. The van der Waals surface area contributed by atoms with E-state index in [0.717, 1.165) is 5.69 Å². The molecule has 3 aromatic rings. The molecule has 1 aromatic heterocycles. The largest absolute Gasteiger partial charge is 0.495 e. The number of methoxy groups -OCH3 is 2. The van der Waals surface area contributed by atoms with Crippen LogP contribution in [0.3, 0.4) is 0 Å². The number of rotatable bonds is 6. The monoisotopic (exact) mass is 377 g/mol. The van der Waals surface area contributed by atoms with Gasteiger partial charge in [-0.2, -0.15) is 0 Å². The highest BCUT2D eigenvalue weighted by molar-refractivity contribution is 6.04. The van der Waals surface area contributed by atoms with Crippen LogP contribution >= 0.6 is 0 Å². The van der Waals surface area contributed by atoms with E-state index in [2.05, 4.69) is 20.4 Å². The quantitative estimate of drug-likeness (QED) is 0.634. The lowest BCUT2D eigenvalue weighted by Crippen LogP contribution is -2.12. The predicted molar refractivity (Wildman–Crippen MR) is 106 cm³/mol. The number of nitrogens with zero attached hydrogens (tertiary/aromatic N) is 1. The molecular formula is C21H19N3O4. The van der Waals surface area contributed by atoms with Crippen molar-refractivity contribution >= 4 is 29.1 Å². The summed E-state index contributed by atoms with van der Waals surface area (Å²) in [7, 11) is 2.91. The van der Waals surface area contributed by atoms with Gasteiger partial charge in [-0.15, -0.1) is 0 Å². The van der Waals surface area contributed by atoms with Crippen molar-refractivity contribution in [1.29, 1.82) is 0 Å². The van der Waals surface area contributed by atoms with Gasteiger partial charge >= 0.3 is 5.97 Å². The number of anilines is 3. The molecule has 0 atom stereocenters. The van der Waals surface area contributed by atoms with Gasteiger partial charge < -0.3 is 20.1 Å². The van der Waals surface area contributed by atoms with Crippen LogP contribution in [-0.2, 0) is 4.74 Å². The molecule has 0 saturated carbocycles. The second kappa shape index (κ2) is 8.68. The van der Waals surface area contributed by atoms with Gasteiger partial charge in [-0.05, 0) is 48.5 Å². The minimum atomic E-state index is -0.430. The summed E-state index contributed by atoms with van der Waals surface area (Å²) in [6, 6.07) is 17.3. The van der Waals surface area contributed by atoms with Gasteiger partial charge in [0.25, 0.3) is 5.91 Å². The van der Waals surface area contributed by atoms with Crippen LogP contribution < -0.4 is 15.4 Å². The maximum absolute atomic E-state index is 12.4. The van der Waals surface area contributed by atoms with E-state index >= 15 is 0 Å². The lowest BCUT2D eigenvalue weighted by atomic mass is 10.2. The van der Waals surface area contributed by atoms with Crippen LogP contribution in [0.2, 0.25) is 0 Å². The van der Waals surface area contributed by atoms with Crippen molar-refractivity contribution in [1.82, 2.24) is 4.98 Å². The van der Waals surface area contributed by atoms with Gasteiger partial charge in [0.1, 0.15) is 11.6 Å². The third-order valence-electron chi connectivity index (χ3n) is 3.96. The van der Waals surface area contributed by atoms with Gasteiger partial charge in [0.05, 0.1) is 31.0 Å². The Morgan fingerprint density at radius 3 is 2.25 bits per heavy atom. The Hall–Kier alpha value is -3.87. The number of hydrogen-bond donors (Lipinski definition) is 2. The maximum Gasteiger partial charge on any atom is 0.337 e. The molecule has 0 radical (unpaired) electrons. The topological polar surface area (TPSA) is 89.5 Å². The first kappa shape index (κ1) is 18.9. The van der Waals surface area contributed by atoms with E-state index in [1.54, 1.807) is 43.5 Å². The predicted octanol–water partition coefficient (Wildman–Crippen LogP) is 3.87. The summed E-state index contributed by atoms with van der Waals surface area (Å²) in [5.74, 6) is 0.548. The number of carbonyl (C=O) groups is 2. The summed E-state index contributed by atoms with van der Waals surface area (Å²) in [5, 5.41) is 5.91. The zero-order chi connectivity index (χ0) is 19.9. The third-order valence-corrected chi connectivity index (χ3v) is 3.96. The smallest absolute Gasteiger partial charge is 0.337 e. The van der Waals surface area contributed by atoms with Gasteiger partial charge in [-0.25, -0.2) is 9.78 Å². The Morgan fingerprint density at radius 1 is 0.893 bits per heavy atom. The highest BCUT2D eigenvalue weighted by Crippen LogP contribution is 2.26. The lowest BCUT2D eigenvalue weighted by molar-refractivity contribution is 0.0600. The Kier molecular flexibility index (Phi) is 5.86. The molecule has 1 heterocycles. The minimum absolute atomic E-state index is 0.304. The highest BCUT2D eigenvalue weighted by atomic mass is 16.5. The number of esters is 1. The van der Waals surface area contributed by atoms with Crippen LogP contribution in [-0.4, -0.2) is 31.1 Å². The average Bonchev–Trinajstić information content (AvgIpc) is 2.74. The molecule has 7 heteroatoms. The number of nitrogens with one attached hydrogen (secondary N) is 2. The van der Waals surface area contributed by atoms with Crippen LogP contribution in [0.25, 0.3) is 0 Å². The van der Waals surface area contributed by atoms with E-state index in [4.69, 9.17) is 4.74 Å². The second-order valence-electron chi connectivity index (χ2n) is 5.78. The van der Waals surface area contributed by atoms with Crippen LogP contribution in [0.4, 0.5) is 17.2 Å². The molecule has 142 valence electrons. The number of aromatic nitrogens is 1. The Labute approximate surface area is 162 Å². The summed E-state index contributed by atoms with van der Waals surface area (Å²) < 4.78 is 9.94. The Balaban J connectivity index is 1.66. The van der Waals surface area contributed by atoms with Crippen molar-refractivity contribution in [2.75, 3.05) is 24.9 Å². The van der Waals surface area contributed by atoms with Gasteiger partial charge in [-0.3, -0.25) is 4.79 Å². The molecule has 0 bridgehead atoms. The summed E-state index contributed by atoms with van der Waals surface area (Å²) in [6.45, 7) is 0. The minimum Gasteiger partial charge on any atom is -0.495 e. The van der Waals surface area contributed by atoms with E-state index < -0.39 is 5.97 Å². The molecule has 1 amide bonds. The molecule has 0 aliphatic heterocycles. The van der Waals surface area contributed by atoms with Crippen molar-refractivity contribution < 1.29 is 19.1 Å². The maximum atomic E-state index is 12.4. The van der Waals surface area contributed by atoms with Gasteiger partial charge in [0.2, 0.25) is 0 Å². The first-order valence-corrected chi connectivity index (χ1v) is 8.46. The summed E-state index contributed by atoms with van der Waals surface area (Å²) in [6.07, 6.45) is 1.48. The number of pyridine rings is 1. The Morgan fingerprint density at radius 2 is 1.61 bits per heavy atom. The molecule has 0 aliphatic carbocycles. The molecule has 0 spiro atoms. The zero-order valence-corrected chi connectivity index (χ0v) is 15.4. The fraction of sp³-hybridized carbons (Fsp3) is 0.0952. The average molecular weight is 377 g/mol. The molecule has 7 nitrogen and oxygen atoms in total. The summed E-state index contributed by atoms with van der Waals surface area (Å²) in [5.41, 5.74) is 2.16. The normalized spacial score (nSPS) is 10.1. The van der Waals surface area contributed by atoms with Crippen LogP contribution in [0.1, 0.15) is 20.7 Å². The standard InChI is InChI=1S/C21H19N3O4/c1-27-18-6-4-3-5-17(18)24-19-12-9-15(13-22-19)20(25)23-16-10-7-14(8-11-16)21(26)28-2/h3-13H,1-2H3,(H,22,24)(H,23,25). The van der Waals surface area contributed by atoms with E-state index in [0.29, 0.717) is 28.4 Å². The number of benzene rings is 2. The van der Waals surface area contributed by atoms with Crippen molar-refractivity contribution in [2.45, 2.75) is 0 Å². The van der Waals surface area contributed by atoms with Crippen LogP contribution in [0.5, 0.6) is 5.75 Å². The van der Waals surface area contributed by atoms with E-state index in [9.17, 15) is 9.59 Å². The number of para-hydroxylation sites is 2. The fourth-order valence-electron chi connectivity index (χ4n) is 2.50. The molecule has 28 heavy (non-hydrogen) atoms. The molecule has 2 aromatic carbocycles. The number of ether oxygens (including phenoxy) is 2. The SMILES string of the molecule is COC(=O)c1ccc(NC(=O)c2ccc(Nc3ccccc3OC)nc2)cc1.